The van der Waals surface area contributed by atoms with Crippen molar-refractivity contribution >= 4 is 21.8 Å². The fourth-order valence-corrected chi connectivity index (χ4v) is 4.21. The lowest BCUT2D eigenvalue weighted by Gasteiger charge is -2.35. The standard InChI is InChI=1S/C15H15N5O3S/c21-15(12-5-6-16-17-12)20-9-7-19(8-10-20)14-11-3-1-2-4-13(11)24(22,23)18-14/h1-6H,7-10H2,(H,16,17). The zero-order valence-corrected chi connectivity index (χ0v) is 13.5. The Labute approximate surface area is 138 Å². The first-order chi connectivity index (χ1) is 11.6. The van der Waals surface area contributed by atoms with Crippen LogP contribution in [-0.2, 0) is 10.0 Å². The largest absolute Gasteiger partial charge is 0.352 e. The first kappa shape index (κ1) is 14.9. The molecule has 124 valence electrons. The lowest BCUT2D eigenvalue weighted by Crippen LogP contribution is -2.50. The van der Waals surface area contributed by atoms with E-state index in [4.69, 9.17) is 0 Å². The van der Waals surface area contributed by atoms with Crippen molar-refractivity contribution in [3.63, 3.8) is 0 Å². The summed E-state index contributed by atoms with van der Waals surface area (Å²) < 4.78 is 28.2. The molecule has 2 aliphatic heterocycles. The third kappa shape index (κ3) is 2.37. The van der Waals surface area contributed by atoms with Crippen LogP contribution in [0.25, 0.3) is 0 Å². The minimum atomic E-state index is -3.62. The van der Waals surface area contributed by atoms with E-state index in [1.807, 2.05) is 4.90 Å². The summed E-state index contributed by atoms with van der Waals surface area (Å²) in [6.07, 6.45) is 1.54. The molecule has 0 aliphatic carbocycles. The SMILES string of the molecule is O=C(c1ccn[nH]1)N1CCN(C2=NS(=O)(=O)c3ccccc32)CC1. The number of benzene rings is 1. The summed E-state index contributed by atoms with van der Waals surface area (Å²) >= 11 is 0. The Morgan fingerprint density at radius 1 is 1.08 bits per heavy atom. The number of amides is 1. The molecule has 1 amide bonds. The maximum atomic E-state index is 12.3. The monoisotopic (exact) mass is 345 g/mol. The van der Waals surface area contributed by atoms with Gasteiger partial charge in [0.25, 0.3) is 15.9 Å². The van der Waals surface area contributed by atoms with Gasteiger partial charge in [0, 0.05) is 37.9 Å². The Morgan fingerprint density at radius 3 is 2.54 bits per heavy atom. The number of sulfonamides is 1. The lowest BCUT2D eigenvalue weighted by atomic mass is 10.1. The maximum Gasteiger partial charge on any atom is 0.285 e. The second-order valence-electron chi connectivity index (χ2n) is 5.64. The molecule has 0 atom stereocenters. The van der Waals surface area contributed by atoms with Gasteiger partial charge >= 0.3 is 0 Å². The van der Waals surface area contributed by atoms with Crippen molar-refractivity contribution in [2.45, 2.75) is 4.90 Å². The summed E-state index contributed by atoms with van der Waals surface area (Å²) in [6.45, 7) is 2.06. The van der Waals surface area contributed by atoms with Crippen molar-refractivity contribution in [3.05, 3.63) is 47.8 Å². The first-order valence-corrected chi connectivity index (χ1v) is 8.98. The van der Waals surface area contributed by atoms with Crippen LogP contribution in [0.15, 0.2) is 45.8 Å². The smallest absolute Gasteiger partial charge is 0.285 e. The highest BCUT2D eigenvalue weighted by Crippen LogP contribution is 2.27. The average Bonchev–Trinajstić information content (AvgIpc) is 3.22. The topological polar surface area (TPSA) is 98.7 Å². The van der Waals surface area contributed by atoms with E-state index in [-0.39, 0.29) is 10.8 Å². The summed E-state index contributed by atoms with van der Waals surface area (Å²) in [5.74, 6) is 0.368. The average molecular weight is 345 g/mol. The minimum absolute atomic E-state index is 0.103. The van der Waals surface area contributed by atoms with Crippen LogP contribution in [0.1, 0.15) is 16.1 Å². The predicted octanol–water partition coefficient (Wildman–Crippen LogP) is 0.317. The number of aromatic nitrogens is 2. The maximum absolute atomic E-state index is 12.3. The Bertz CT molecular complexity index is 912. The number of rotatable bonds is 1. The first-order valence-electron chi connectivity index (χ1n) is 7.54. The second kappa shape index (κ2) is 5.45. The van der Waals surface area contributed by atoms with E-state index < -0.39 is 10.0 Å². The lowest BCUT2D eigenvalue weighted by molar-refractivity contribution is 0.0686. The number of H-pyrrole nitrogens is 1. The van der Waals surface area contributed by atoms with E-state index in [9.17, 15) is 13.2 Å². The van der Waals surface area contributed by atoms with E-state index in [0.29, 0.717) is 43.3 Å². The van der Waals surface area contributed by atoms with Crippen molar-refractivity contribution in [2.75, 3.05) is 26.2 Å². The molecule has 1 fully saturated rings. The van der Waals surface area contributed by atoms with Gasteiger partial charge in [0.15, 0.2) is 5.84 Å². The molecule has 1 aromatic heterocycles. The molecule has 2 aliphatic rings. The van der Waals surface area contributed by atoms with Crippen molar-refractivity contribution in [1.29, 1.82) is 0 Å². The number of amidine groups is 1. The highest BCUT2D eigenvalue weighted by atomic mass is 32.2. The van der Waals surface area contributed by atoms with Crippen LogP contribution >= 0.6 is 0 Å². The molecule has 0 spiro atoms. The number of aromatic amines is 1. The van der Waals surface area contributed by atoms with Gasteiger partial charge in [-0.25, -0.2) is 0 Å². The molecule has 0 radical (unpaired) electrons. The molecular formula is C15H15N5O3S. The van der Waals surface area contributed by atoms with Gasteiger partial charge in [-0.15, -0.1) is 4.40 Å². The summed E-state index contributed by atoms with van der Waals surface area (Å²) in [7, 11) is -3.62. The molecule has 0 unspecified atom stereocenters. The number of hydrogen-bond acceptors (Lipinski definition) is 5. The van der Waals surface area contributed by atoms with Gasteiger partial charge in [-0.3, -0.25) is 9.89 Å². The molecule has 24 heavy (non-hydrogen) atoms. The minimum Gasteiger partial charge on any atom is -0.352 e. The fourth-order valence-electron chi connectivity index (χ4n) is 2.98. The zero-order chi connectivity index (χ0) is 16.7. The molecule has 3 heterocycles. The molecular weight excluding hydrogens is 330 g/mol. The van der Waals surface area contributed by atoms with E-state index in [2.05, 4.69) is 14.6 Å². The molecule has 1 saturated heterocycles. The predicted molar refractivity (Wildman–Crippen MR) is 86.2 cm³/mol. The molecule has 1 aromatic carbocycles. The number of nitrogens with one attached hydrogen (secondary N) is 1. The van der Waals surface area contributed by atoms with Crippen LogP contribution in [0.3, 0.4) is 0 Å². The fraction of sp³-hybridized carbons (Fsp3) is 0.267. The molecule has 9 heteroatoms. The van der Waals surface area contributed by atoms with E-state index >= 15 is 0 Å². The van der Waals surface area contributed by atoms with Gasteiger partial charge in [0.05, 0.1) is 0 Å². The summed E-state index contributed by atoms with van der Waals surface area (Å²) in [4.78, 5) is 16.2. The number of fused-ring (bicyclic) bond motifs is 1. The van der Waals surface area contributed by atoms with E-state index in [1.165, 1.54) is 0 Å². The Morgan fingerprint density at radius 2 is 1.83 bits per heavy atom. The molecule has 2 aromatic rings. The number of piperazine rings is 1. The van der Waals surface area contributed by atoms with Crippen molar-refractivity contribution in [1.82, 2.24) is 20.0 Å². The van der Waals surface area contributed by atoms with Crippen molar-refractivity contribution < 1.29 is 13.2 Å². The van der Waals surface area contributed by atoms with Gasteiger partial charge < -0.3 is 9.80 Å². The molecule has 1 N–H and O–H groups in total. The van der Waals surface area contributed by atoms with E-state index in [1.54, 1.807) is 41.4 Å². The highest BCUT2D eigenvalue weighted by Gasteiger charge is 2.33. The van der Waals surface area contributed by atoms with Crippen LogP contribution in [0.2, 0.25) is 0 Å². The molecule has 8 nitrogen and oxygen atoms in total. The normalized spacial score (nSPS) is 19.1. The van der Waals surface area contributed by atoms with Crippen molar-refractivity contribution in [2.24, 2.45) is 4.40 Å². The van der Waals surface area contributed by atoms with Crippen LogP contribution in [0, 0.1) is 0 Å². The molecule has 0 bridgehead atoms. The number of carbonyl (C=O) groups is 1. The van der Waals surface area contributed by atoms with E-state index in [0.717, 1.165) is 0 Å². The second-order valence-corrected chi connectivity index (χ2v) is 7.21. The van der Waals surface area contributed by atoms with Crippen LogP contribution < -0.4 is 0 Å². The quantitative estimate of drug-likeness (QED) is 0.802. The van der Waals surface area contributed by atoms with Gasteiger partial charge in [0.2, 0.25) is 0 Å². The van der Waals surface area contributed by atoms with Crippen LogP contribution in [0.5, 0.6) is 0 Å². The van der Waals surface area contributed by atoms with Gasteiger partial charge in [-0.05, 0) is 18.2 Å². The van der Waals surface area contributed by atoms with Gasteiger partial charge in [-0.1, -0.05) is 12.1 Å². The molecule has 4 rings (SSSR count). The summed E-state index contributed by atoms with van der Waals surface area (Å²) in [6, 6.07) is 8.46. The third-order valence-corrected chi connectivity index (χ3v) is 5.54. The third-order valence-electron chi connectivity index (χ3n) is 4.21. The Kier molecular flexibility index (Phi) is 3.38. The number of carbonyl (C=O) groups excluding carboxylic acids is 1. The van der Waals surface area contributed by atoms with Gasteiger partial charge in [0.1, 0.15) is 10.6 Å². The Balaban J connectivity index is 1.52. The number of nitrogens with zero attached hydrogens (tertiary/aromatic N) is 4. The Hall–Kier alpha value is -2.68. The van der Waals surface area contributed by atoms with Crippen molar-refractivity contribution in [3.8, 4) is 0 Å². The molecule has 0 saturated carbocycles. The highest BCUT2D eigenvalue weighted by molar-refractivity contribution is 7.90. The van der Waals surface area contributed by atoms with Crippen LogP contribution in [-0.4, -0.2) is 66.3 Å². The summed E-state index contributed by atoms with van der Waals surface area (Å²) in [5, 5.41) is 6.45. The zero-order valence-electron chi connectivity index (χ0n) is 12.7. The van der Waals surface area contributed by atoms with Crippen LogP contribution in [0.4, 0.5) is 0 Å². The summed E-state index contributed by atoms with van der Waals surface area (Å²) in [5.41, 5.74) is 1.08. The van der Waals surface area contributed by atoms with Gasteiger partial charge in [-0.2, -0.15) is 13.5 Å². The number of hydrogen-bond donors (Lipinski definition) is 1.